The van der Waals surface area contributed by atoms with E-state index in [1.54, 1.807) is 0 Å². The molecular weight excluding hydrogens is 210 g/mol. The van der Waals surface area contributed by atoms with Gasteiger partial charge in [0.25, 0.3) is 5.67 Å². The van der Waals surface area contributed by atoms with Crippen molar-refractivity contribution in [1.29, 1.82) is 0 Å². The van der Waals surface area contributed by atoms with Crippen LogP contribution in [0.1, 0.15) is 34.1 Å². The fraction of sp³-hybridized carbons (Fsp3) is 0.900. The Bertz CT molecular complexity index is 188. The summed E-state index contributed by atoms with van der Waals surface area (Å²) in [5.41, 5.74) is -0.280. The highest BCUT2D eigenvalue weighted by atomic mass is 28.4. The molecule has 88 valence electrons. The summed E-state index contributed by atoms with van der Waals surface area (Å²) >= 11 is 0. The molecule has 0 fully saturated rings. The Hall–Kier alpha value is -0.413. The second kappa shape index (κ2) is 7.82. The molecule has 5 heteroatoms. The Morgan fingerprint density at radius 1 is 1.00 bits per heavy atom. The van der Waals surface area contributed by atoms with E-state index in [1.165, 1.54) is 0 Å². The van der Waals surface area contributed by atoms with E-state index in [0.717, 1.165) is 0 Å². The van der Waals surface area contributed by atoms with E-state index in [1.807, 2.05) is 27.7 Å². The van der Waals surface area contributed by atoms with Crippen molar-refractivity contribution in [1.82, 2.24) is 0 Å². The molecule has 1 unspecified atom stereocenters. The maximum absolute atomic E-state index is 7.17. The Balaban J connectivity index is 4.81. The summed E-state index contributed by atoms with van der Waals surface area (Å²) in [4.78, 5) is 3.57. The molecule has 15 heavy (non-hydrogen) atoms. The number of hydrogen-bond acceptors (Lipinski definition) is 3. The molecule has 0 aromatic rings. The van der Waals surface area contributed by atoms with E-state index >= 15 is 0 Å². The Morgan fingerprint density at radius 3 is 1.60 bits per heavy atom. The van der Waals surface area contributed by atoms with Gasteiger partial charge in [-0.1, -0.05) is 6.92 Å². The van der Waals surface area contributed by atoms with E-state index in [9.17, 15) is 0 Å². The molecule has 0 spiro atoms. The smallest absolute Gasteiger partial charge is 0.369 e. The first kappa shape index (κ1) is 14.6. The molecule has 1 atom stereocenters. The minimum absolute atomic E-state index is 0.280. The number of rotatable bonds is 8. The van der Waals surface area contributed by atoms with Crippen LogP contribution in [0.2, 0.25) is 0 Å². The summed E-state index contributed by atoms with van der Waals surface area (Å²) < 4.78 is 16.9. The van der Waals surface area contributed by atoms with Crippen LogP contribution in [0.15, 0.2) is 0 Å². The molecule has 4 nitrogen and oxygen atoms in total. The predicted molar refractivity (Wildman–Crippen MR) is 61.3 cm³/mol. The van der Waals surface area contributed by atoms with Crippen molar-refractivity contribution >= 4 is 8.80 Å². The molecule has 0 aliphatic rings. The van der Waals surface area contributed by atoms with Gasteiger partial charge in [-0.25, -0.2) is 6.57 Å². The molecule has 0 heterocycles. The van der Waals surface area contributed by atoms with Crippen molar-refractivity contribution in [2.45, 2.75) is 39.8 Å². The van der Waals surface area contributed by atoms with Crippen LogP contribution in [0.5, 0.6) is 0 Å². The van der Waals surface area contributed by atoms with Gasteiger partial charge in [-0.05, 0) is 20.8 Å². The van der Waals surface area contributed by atoms with Crippen LogP contribution in [0, 0.1) is 6.57 Å². The zero-order valence-corrected chi connectivity index (χ0v) is 11.1. The number of hydrogen-bond donors (Lipinski definition) is 0. The summed E-state index contributed by atoms with van der Waals surface area (Å²) in [5.74, 6) is 0. The first-order valence-electron chi connectivity index (χ1n) is 5.49. The maximum Gasteiger partial charge on any atom is 0.588 e. The zero-order chi connectivity index (χ0) is 11.7. The summed E-state index contributed by atoms with van der Waals surface area (Å²) in [6, 6.07) is 0. The third-order valence-electron chi connectivity index (χ3n) is 1.99. The molecular formula is C10H21NO3Si. The predicted octanol–water partition coefficient (Wildman–Crippen LogP) is 2.27. The van der Waals surface area contributed by atoms with Gasteiger partial charge in [0.05, 0.1) is 0 Å². The maximum atomic E-state index is 7.17. The molecule has 0 bridgehead atoms. The van der Waals surface area contributed by atoms with Crippen LogP contribution < -0.4 is 0 Å². The molecule has 0 aromatic heterocycles. The third-order valence-corrected chi connectivity index (χ3v) is 5.41. The van der Waals surface area contributed by atoms with Crippen molar-refractivity contribution in [3.05, 3.63) is 11.4 Å². The summed E-state index contributed by atoms with van der Waals surface area (Å²) in [6.07, 6.45) is 0.704. The van der Waals surface area contributed by atoms with Gasteiger partial charge in [-0.2, -0.15) is 0 Å². The highest BCUT2D eigenvalue weighted by Crippen LogP contribution is 2.20. The van der Waals surface area contributed by atoms with Crippen molar-refractivity contribution in [2.24, 2.45) is 0 Å². The molecule has 0 amide bonds. The number of nitrogens with zero attached hydrogens (tertiary/aromatic N) is 1. The second-order valence-corrected chi connectivity index (χ2v) is 5.70. The Morgan fingerprint density at radius 2 is 1.40 bits per heavy atom. The Labute approximate surface area is 93.7 Å². The minimum Gasteiger partial charge on any atom is -0.369 e. The topological polar surface area (TPSA) is 32.0 Å². The van der Waals surface area contributed by atoms with Gasteiger partial charge < -0.3 is 18.1 Å². The van der Waals surface area contributed by atoms with E-state index in [0.29, 0.717) is 26.2 Å². The van der Waals surface area contributed by atoms with Crippen LogP contribution in [-0.2, 0) is 13.3 Å². The zero-order valence-electron chi connectivity index (χ0n) is 10.1. The molecule has 0 N–H and O–H groups in total. The van der Waals surface area contributed by atoms with Crippen LogP contribution >= 0.6 is 0 Å². The fourth-order valence-corrected chi connectivity index (χ4v) is 4.13. The van der Waals surface area contributed by atoms with E-state index in [2.05, 4.69) is 4.85 Å². The van der Waals surface area contributed by atoms with Gasteiger partial charge in [0.1, 0.15) is 0 Å². The molecule has 0 radical (unpaired) electrons. The molecule has 0 aromatic carbocycles. The van der Waals surface area contributed by atoms with Gasteiger partial charge in [0, 0.05) is 26.2 Å². The lowest BCUT2D eigenvalue weighted by molar-refractivity contribution is 0.0655. The highest BCUT2D eigenvalue weighted by Gasteiger charge is 2.54. The minimum atomic E-state index is -2.78. The van der Waals surface area contributed by atoms with Crippen molar-refractivity contribution in [2.75, 3.05) is 19.8 Å². The normalized spacial score (nSPS) is 13.5. The quantitative estimate of drug-likeness (QED) is 0.474. The lowest BCUT2D eigenvalue weighted by Crippen LogP contribution is -2.55. The fourth-order valence-electron chi connectivity index (χ4n) is 1.44. The van der Waals surface area contributed by atoms with E-state index in [4.69, 9.17) is 19.9 Å². The first-order chi connectivity index (χ1) is 7.20. The van der Waals surface area contributed by atoms with Crippen LogP contribution in [0.25, 0.3) is 4.85 Å². The van der Waals surface area contributed by atoms with Crippen LogP contribution in [-0.4, -0.2) is 34.3 Å². The average Bonchev–Trinajstić information content (AvgIpc) is 2.20. The summed E-state index contributed by atoms with van der Waals surface area (Å²) in [7, 11) is -2.78. The van der Waals surface area contributed by atoms with Gasteiger partial charge in [0.15, 0.2) is 0 Å². The monoisotopic (exact) mass is 231 g/mol. The van der Waals surface area contributed by atoms with Crippen LogP contribution in [0.3, 0.4) is 0 Å². The molecule has 0 aliphatic heterocycles. The van der Waals surface area contributed by atoms with E-state index in [-0.39, 0.29) is 5.67 Å². The molecule has 0 rings (SSSR count). The lowest BCUT2D eigenvalue weighted by atomic mass is 10.5. The van der Waals surface area contributed by atoms with Crippen LogP contribution in [0.4, 0.5) is 0 Å². The van der Waals surface area contributed by atoms with Crippen molar-refractivity contribution in [3.8, 4) is 0 Å². The standard InChI is InChI=1S/C10H21NO3Si/c1-6-10(11-5)15(12-7-2,13-8-3)14-9-4/h10H,6-9H2,1-4H3. The van der Waals surface area contributed by atoms with Gasteiger partial charge >= 0.3 is 8.80 Å². The SMILES string of the molecule is [C-]#[N+]C(CC)[Si](OCC)(OCC)OCC. The summed E-state index contributed by atoms with van der Waals surface area (Å²) in [6.45, 7) is 16.4. The Kier molecular flexibility index (Phi) is 7.61. The van der Waals surface area contributed by atoms with Crippen molar-refractivity contribution < 1.29 is 13.3 Å². The molecule has 0 saturated carbocycles. The molecule has 0 aliphatic carbocycles. The second-order valence-electron chi connectivity index (χ2n) is 2.96. The summed E-state index contributed by atoms with van der Waals surface area (Å²) in [5, 5.41) is 0. The van der Waals surface area contributed by atoms with Gasteiger partial charge in [0.2, 0.25) is 0 Å². The first-order valence-corrected chi connectivity index (χ1v) is 7.29. The van der Waals surface area contributed by atoms with E-state index < -0.39 is 8.80 Å². The third kappa shape index (κ3) is 3.91. The largest absolute Gasteiger partial charge is 0.588 e. The lowest BCUT2D eigenvalue weighted by Gasteiger charge is -2.28. The van der Waals surface area contributed by atoms with Crippen molar-refractivity contribution in [3.63, 3.8) is 0 Å². The molecule has 0 saturated heterocycles. The van der Waals surface area contributed by atoms with Gasteiger partial charge in [-0.15, -0.1) is 0 Å². The van der Waals surface area contributed by atoms with Gasteiger partial charge in [-0.3, -0.25) is 0 Å². The highest BCUT2D eigenvalue weighted by molar-refractivity contribution is 6.63. The average molecular weight is 231 g/mol.